The third-order valence-electron chi connectivity index (χ3n) is 4.09. The molecule has 1 heterocycles. The maximum atomic E-state index is 11.7. The summed E-state index contributed by atoms with van der Waals surface area (Å²) in [5.41, 5.74) is 0. The van der Waals surface area contributed by atoms with Crippen LogP contribution in [-0.2, 0) is 9.84 Å². The highest BCUT2D eigenvalue weighted by atomic mass is 32.2. The second kappa shape index (κ2) is 8.20. The van der Waals surface area contributed by atoms with Crippen LogP contribution in [0.1, 0.15) is 19.8 Å². The van der Waals surface area contributed by atoms with Gasteiger partial charge in [0.25, 0.3) is 0 Å². The molecule has 1 N–H and O–H groups in total. The predicted molar refractivity (Wildman–Crippen MR) is 90.6 cm³/mol. The predicted octanol–water partition coefficient (Wildman–Crippen LogP) is 2.83. The zero-order valence-electron chi connectivity index (χ0n) is 12.6. The van der Waals surface area contributed by atoms with Gasteiger partial charge in [-0.2, -0.15) is 0 Å². The van der Waals surface area contributed by atoms with Gasteiger partial charge >= 0.3 is 0 Å². The summed E-state index contributed by atoms with van der Waals surface area (Å²) in [4.78, 5) is 1.29. The van der Waals surface area contributed by atoms with Gasteiger partial charge in [-0.25, -0.2) is 8.42 Å². The maximum Gasteiger partial charge on any atom is 0.150 e. The molecule has 1 saturated heterocycles. The van der Waals surface area contributed by atoms with Gasteiger partial charge < -0.3 is 5.32 Å². The molecule has 0 amide bonds. The average molecular weight is 328 g/mol. The van der Waals surface area contributed by atoms with Crippen LogP contribution < -0.4 is 5.32 Å². The highest BCUT2D eigenvalue weighted by Gasteiger charge is 2.33. The van der Waals surface area contributed by atoms with Gasteiger partial charge in [0, 0.05) is 4.90 Å². The van der Waals surface area contributed by atoms with E-state index in [1.807, 2.05) is 17.8 Å². The second-order valence-corrected chi connectivity index (χ2v) is 9.08. The van der Waals surface area contributed by atoms with E-state index in [1.165, 1.54) is 4.90 Å². The van der Waals surface area contributed by atoms with E-state index in [4.69, 9.17) is 0 Å². The molecule has 1 aromatic carbocycles. The Labute approximate surface area is 132 Å². The van der Waals surface area contributed by atoms with Crippen molar-refractivity contribution in [2.24, 2.45) is 11.8 Å². The van der Waals surface area contributed by atoms with Crippen LogP contribution in [0.3, 0.4) is 0 Å². The van der Waals surface area contributed by atoms with Gasteiger partial charge in [-0.3, -0.25) is 0 Å². The molecule has 0 aliphatic carbocycles. The first kappa shape index (κ1) is 16.8. The Morgan fingerprint density at radius 2 is 2.10 bits per heavy atom. The van der Waals surface area contributed by atoms with Gasteiger partial charge in [-0.05, 0) is 55.7 Å². The fourth-order valence-corrected chi connectivity index (χ4v) is 5.80. The molecule has 3 nitrogen and oxygen atoms in total. The molecule has 0 radical (unpaired) electrons. The van der Waals surface area contributed by atoms with E-state index in [0.717, 1.165) is 31.7 Å². The van der Waals surface area contributed by atoms with Crippen molar-refractivity contribution >= 4 is 21.6 Å². The lowest BCUT2D eigenvalue weighted by Crippen LogP contribution is -2.29. The number of rotatable bonds is 8. The van der Waals surface area contributed by atoms with E-state index in [1.54, 1.807) is 0 Å². The van der Waals surface area contributed by atoms with E-state index in [-0.39, 0.29) is 0 Å². The van der Waals surface area contributed by atoms with Crippen molar-refractivity contribution in [2.45, 2.75) is 24.7 Å². The van der Waals surface area contributed by atoms with E-state index < -0.39 is 9.84 Å². The molecule has 1 aromatic rings. The van der Waals surface area contributed by atoms with Crippen LogP contribution >= 0.6 is 11.8 Å². The van der Waals surface area contributed by atoms with Crippen molar-refractivity contribution in [2.75, 3.05) is 30.3 Å². The quantitative estimate of drug-likeness (QED) is 0.746. The fraction of sp³-hybridized carbons (Fsp3) is 0.625. The topological polar surface area (TPSA) is 46.2 Å². The Morgan fingerprint density at radius 3 is 2.71 bits per heavy atom. The van der Waals surface area contributed by atoms with E-state index in [0.29, 0.717) is 23.3 Å². The summed E-state index contributed by atoms with van der Waals surface area (Å²) in [5, 5.41) is 3.40. The molecule has 1 aliphatic rings. The number of nitrogens with one attached hydrogen (secondary N) is 1. The number of thioether (sulfide) groups is 1. The van der Waals surface area contributed by atoms with Crippen molar-refractivity contribution in [3.05, 3.63) is 30.3 Å². The molecule has 0 spiro atoms. The summed E-state index contributed by atoms with van der Waals surface area (Å²) in [6, 6.07) is 10.4. The van der Waals surface area contributed by atoms with Gasteiger partial charge in [-0.15, -0.1) is 11.8 Å². The third kappa shape index (κ3) is 5.64. The highest BCUT2D eigenvalue weighted by Crippen LogP contribution is 2.30. The van der Waals surface area contributed by atoms with Crippen molar-refractivity contribution in [3.63, 3.8) is 0 Å². The Hall–Kier alpha value is -0.520. The van der Waals surface area contributed by atoms with Crippen LogP contribution in [0.25, 0.3) is 0 Å². The standard InChI is InChI=1S/C16H25NO2S2/c1-2-17-12-14(15-9-11-21(18,19)13-15)8-10-20-16-6-4-3-5-7-16/h3-7,14-15,17H,2,8-13H2,1H3. The minimum atomic E-state index is -2.78. The number of hydrogen-bond acceptors (Lipinski definition) is 4. The Kier molecular flexibility index (Phi) is 6.58. The van der Waals surface area contributed by atoms with Crippen molar-refractivity contribution in [3.8, 4) is 0 Å². The molecule has 0 saturated carbocycles. The summed E-state index contributed by atoms with van der Waals surface area (Å²) in [6.07, 6.45) is 1.92. The summed E-state index contributed by atoms with van der Waals surface area (Å²) < 4.78 is 23.4. The van der Waals surface area contributed by atoms with Crippen molar-refractivity contribution in [1.82, 2.24) is 5.32 Å². The first-order chi connectivity index (χ1) is 10.1. The Balaban J connectivity index is 1.85. The molecule has 1 aliphatic heterocycles. The summed E-state index contributed by atoms with van der Waals surface area (Å²) >= 11 is 1.86. The molecule has 0 bridgehead atoms. The summed E-state index contributed by atoms with van der Waals surface area (Å²) in [7, 11) is -2.78. The summed E-state index contributed by atoms with van der Waals surface area (Å²) in [5.74, 6) is 2.63. The minimum absolute atomic E-state index is 0.338. The van der Waals surface area contributed by atoms with E-state index in [2.05, 4.69) is 36.5 Å². The van der Waals surface area contributed by atoms with Gasteiger partial charge in [0.1, 0.15) is 0 Å². The molecular formula is C16H25NO2S2. The van der Waals surface area contributed by atoms with Crippen LogP contribution in [-0.4, -0.2) is 38.8 Å². The molecule has 2 atom stereocenters. The zero-order chi connectivity index (χ0) is 15.1. The first-order valence-electron chi connectivity index (χ1n) is 7.69. The van der Waals surface area contributed by atoms with Gasteiger partial charge in [-0.1, -0.05) is 25.1 Å². The van der Waals surface area contributed by atoms with E-state index in [9.17, 15) is 8.42 Å². The first-order valence-corrected chi connectivity index (χ1v) is 10.5. The van der Waals surface area contributed by atoms with E-state index >= 15 is 0 Å². The van der Waals surface area contributed by atoms with Crippen LogP contribution in [0.4, 0.5) is 0 Å². The largest absolute Gasteiger partial charge is 0.317 e. The molecule has 118 valence electrons. The smallest absolute Gasteiger partial charge is 0.150 e. The molecular weight excluding hydrogens is 302 g/mol. The molecule has 2 rings (SSSR count). The van der Waals surface area contributed by atoms with Gasteiger partial charge in [0.15, 0.2) is 9.84 Å². The van der Waals surface area contributed by atoms with Crippen LogP contribution in [0, 0.1) is 11.8 Å². The normalized spacial score (nSPS) is 22.2. The minimum Gasteiger partial charge on any atom is -0.317 e. The Bertz CT molecular complexity index is 516. The SMILES string of the molecule is CCNCC(CCSc1ccccc1)C1CCS(=O)(=O)C1. The fourth-order valence-electron chi connectivity index (χ4n) is 2.87. The van der Waals surface area contributed by atoms with Crippen molar-refractivity contribution in [1.29, 1.82) is 0 Å². The molecule has 2 unspecified atom stereocenters. The van der Waals surface area contributed by atoms with Crippen LogP contribution in [0.2, 0.25) is 0 Å². The molecule has 21 heavy (non-hydrogen) atoms. The zero-order valence-corrected chi connectivity index (χ0v) is 14.3. The summed E-state index contributed by atoms with van der Waals surface area (Å²) in [6.45, 7) is 3.98. The lowest BCUT2D eigenvalue weighted by molar-refractivity contribution is 0.340. The van der Waals surface area contributed by atoms with Crippen LogP contribution in [0.5, 0.6) is 0 Å². The van der Waals surface area contributed by atoms with Crippen LogP contribution in [0.15, 0.2) is 35.2 Å². The molecule has 1 fully saturated rings. The number of benzene rings is 1. The Morgan fingerprint density at radius 1 is 1.33 bits per heavy atom. The average Bonchev–Trinajstić information content (AvgIpc) is 2.84. The highest BCUT2D eigenvalue weighted by molar-refractivity contribution is 7.99. The third-order valence-corrected chi connectivity index (χ3v) is 6.93. The van der Waals surface area contributed by atoms with Gasteiger partial charge in [0.2, 0.25) is 0 Å². The number of hydrogen-bond donors (Lipinski definition) is 1. The molecule has 5 heteroatoms. The van der Waals surface area contributed by atoms with Crippen molar-refractivity contribution < 1.29 is 8.42 Å². The second-order valence-electron chi connectivity index (χ2n) is 5.68. The lowest BCUT2D eigenvalue weighted by atomic mass is 9.89. The lowest BCUT2D eigenvalue weighted by Gasteiger charge is -2.22. The van der Waals surface area contributed by atoms with Gasteiger partial charge in [0.05, 0.1) is 11.5 Å². The molecule has 0 aromatic heterocycles. The number of sulfone groups is 1. The maximum absolute atomic E-state index is 11.7. The monoisotopic (exact) mass is 327 g/mol.